The van der Waals surface area contributed by atoms with Crippen LogP contribution in [0.5, 0.6) is 0 Å². The lowest BCUT2D eigenvalue weighted by Gasteiger charge is -2.22. The van der Waals surface area contributed by atoms with Crippen LogP contribution in [0.1, 0.15) is 42.4 Å². The van der Waals surface area contributed by atoms with E-state index >= 15 is 0 Å². The molecular weight excluding hydrogens is 607 g/mol. The smallest absolute Gasteiger partial charge is 0.0443 e. The maximum Gasteiger partial charge on any atom is 0.0443 e. The molecule has 0 radical (unpaired) electrons. The van der Waals surface area contributed by atoms with Crippen molar-refractivity contribution in [1.82, 2.24) is 10.6 Å². The van der Waals surface area contributed by atoms with Gasteiger partial charge in [0.2, 0.25) is 0 Å². The number of fused-ring (bicyclic) bond motifs is 1. The molecule has 3 heteroatoms. The number of likely N-dealkylation sites (N-methyl/N-ethyl adjacent to an activating group) is 1. The van der Waals surface area contributed by atoms with Gasteiger partial charge in [-0.1, -0.05) is 134 Å². The van der Waals surface area contributed by atoms with Gasteiger partial charge in [0.1, 0.15) is 0 Å². The molecule has 2 N–H and O–H groups in total. The van der Waals surface area contributed by atoms with Gasteiger partial charge in [0.25, 0.3) is 0 Å². The van der Waals surface area contributed by atoms with E-state index in [2.05, 4.69) is 193 Å². The second kappa shape index (κ2) is 15.6. The molecule has 2 atom stereocenters. The number of nitrogens with zero attached hydrogens (tertiary/aromatic N) is 1. The fourth-order valence-corrected chi connectivity index (χ4v) is 6.75. The van der Waals surface area contributed by atoms with Crippen LogP contribution in [0.4, 0.5) is 5.69 Å². The number of hydrogen-bond acceptors (Lipinski definition) is 3. The van der Waals surface area contributed by atoms with E-state index in [0.29, 0.717) is 5.92 Å². The minimum Gasteiger partial charge on any atom is -0.365 e. The first-order chi connectivity index (χ1) is 24.6. The SMILES string of the molecule is C=C(/C=C(\C=C\NC1=CC=C(c2ccccc2)C=CC1)N(C)c1ccc(C2=CCC=CC3CC23)cc1)NC1=CC=C(c2ccccc2)C=CC1. The Balaban J connectivity index is 1.10. The third-order valence-corrected chi connectivity index (χ3v) is 9.65. The summed E-state index contributed by atoms with van der Waals surface area (Å²) in [6.07, 6.45) is 34.8. The Morgan fingerprint density at radius 2 is 1.38 bits per heavy atom. The molecule has 0 aromatic heterocycles. The minimum absolute atomic E-state index is 0.676. The fourth-order valence-electron chi connectivity index (χ4n) is 6.75. The molecule has 0 aliphatic heterocycles. The Kier molecular flexibility index (Phi) is 10.2. The highest BCUT2D eigenvalue weighted by atomic mass is 15.1. The number of anilines is 1. The normalized spacial score (nSPS) is 19.9. The van der Waals surface area contributed by atoms with Gasteiger partial charge in [-0.25, -0.2) is 0 Å². The molecule has 0 spiro atoms. The van der Waals surface area contributed by atoms with Crippen LogP contribution in [-0.4, -0.2) is 7.05 Å². The van der Waals surface area contributed by atoms with Crippen molar-refractivity contribution in [3.63, 3.8) is 0 Å². The molecule has 3 aromatic carbocycles. The molecule has 0 bridgehead atoms. The summed E-state index contributed by atoms with van der Waals surface area (Å²) in [5, 5.41) is 7.12. The molecule has 3 nitrogen and oxygen atoms in total. The number of allylic oxidation sites excluding steroid dienone is 16. The lowest BCUT2D eigenvalue weighted by atomic mass is 9.99. The molecule has 7 rings (SSSR count). The summed E-state index contributed by atoms with van der Waals surface area (Å²) in [7, 11) is 2.12. The largest absolute Gasteiger partial charge is 0.365 e. The Morgan fingerprint density at radius 3 is 2.06 bits per heavy atom. The average molecular weight is 652 g/mol. The monoisotopic (exact) mass is 651 g/mol. The fraction of sp³-hybridized carbons (Fsp3) is 0.149. The van der Waals surface area contributed by atoms with Crippen molar-refractivity contribution < 1.29 is 0 Å². The standard InChI is InChI=1S/C47H45N3/c1-35(49-43-21-12-19-39(24-28-43)37-15-7-4-8-16-37)33-45(31-32-48-42-20-11-18-38(23-27-42)36-13-5-3-6-14-36)50(2)44-29-25-40(26-30-44)46-22-10-9-17-41-34-47(41)46/h3-9,11-19,22-33,41,47-49H,1,10,20-21,34H2,2H3/b32-31+,45-33+. The van der Waals surface area contributed by atoms with Crippen LogP contribution in [0.3, 0.4) is 0 Å². The van der Waals surface area contributed by atoms with Crippen molar-refractivity contribution in [2.24, 2.45) is 11.8 Å². The molecule has 1 fully saturated rings. The van der Waals surface area contributed by atoms with Gasteiger partial charge in [-0.05, 0) is 94.5 Å². The summed E-state index contributed by atoms with van der Waals surface area (Å²) in [6, 6.07) is 30.0. The first kappa shape index (κ1) is 32.7. The molecule has 0 heterocycles. The van der Waals surface area contributed by atoms with Crippen LogP contribution in [-0.2, 0) is 0 Å². The maximum absolute atomic E-state index is 4.42. The van der Waals surface area contributed by atoms with Gasteiger partial charge in [-0.2, -0.15) is 0 Å². The van der Waals surface area contributed by atoms with Gasteiger partial charge >= 0.3 is 0 Å². The van der Waals surface area contributed by atoms with Crippen LogP contribution >= 0.6 is 0 Å². The maximum atomic E-state index is 4.42. The molecule has 3 aromatic rings. The van der Waals surface area contributed by atoms with E-state index in [1.165, 1.54) is 39.8 Å². The van der Waals surface area contributed by atoms with Crippen molar-refractivity contribution in [3.8, 4) is 0 Å². The molecule has 4 aliphatic rings. The molecule has 1 saturated carbocycles. The number of nitrogens with one attached hydrogen (secondary N) is 2. The van der Waals surface area contributed by atoms with Crippen molar-refractivity contribution in [1.29, 1.82) is 0 Å². The Bertz CT molecular complexity index is 2010. The van der Waals surface area contributed by atoms with Crippen LogP contribution in [0.2, 0.25) is 0 Å². The summed E-state index contributed by atoms with van der Waals surface area (Å²) < 4.78 is 0. The molecule has 248 valence electrons. The van der Waals surface area contributed by atoms with Gasteiger partial charge in [0.15, 0.2) is 0 Å². The van der Waals surface area contributed by atoms with E-state index in [0.717, 1.165) is 53.7 Å². The highest BCUT2D eigenvalue weighted by Crippen LogP contribution is 2.50. The van der Waals surface area contributed by atoms with Gasteiger partial charge in [-0.15, -0.1) is 0 Å². The summed E-state index contributed by atoms with van der Waals surface area (Å²) in [6.45, 7) is 4.42. The van der Waals surface area contributed by atoms with Gasteiger partial charge in [0.05, 0.1) is 0 Å². The number of hydrogen-bond donors (Lipinski definition) is 2. The molecule has 50 heavy (non-hydrogen) atoms. The zero-order valence-corrected chi connectivity index (χ0v) is 28.8. The quantitative estimate of drug-likeness (QED) is 0.160. The van der Waals surface area contributed by atoms with E-state index in [1.54, 1.807) is 0 Å². The zero-order chi connectivity index (χ0) is 34.1. The van der Waals surface area contributed by atoms with E-state index in [4.69, 9.17) is 0 Å². The third kappa shape index (κ3) is 8.25. The minimum atomic E-state index is 0.676. The predicted molar refractivity (Wildman–Crippen MR) is 213 cm³/mol. The summed E-state index contributed by atoms with van der Waals surface area (Å²) in [4.78, 5) is 2.22. The van der Waals surface area contributed by atoms with E-state index in [-0.39, 0.29) is 0 Å². The number of benzene rings is 3. The van der Waals surface area contributed by atoms with Crippen molar-refractivity contribution >= 4 is 22.4 Å². The summed E-state index contributed by atoms with van der Waals surface area (Å²) in [5.74, 6) is 1.39. The van der Waals surface area contributed by atoms with Crippen LogP contribution in [0.15, 0.2) is 199 Å². The van der Waals surface area contributed by atoms with E-state index < -0.39 is 0 Å². The van der Waals surface area contributed by atoms with Gasteiger partial charge in [0, 0.05) is 54.6 Å². The Morgan fingerprint density at radius 1 is 0.740 bits per heavy atom. The second-order valence-corrected chi connectivity index (χ2v) is 13.2. The van der Waals surface area contributed by atoms with Gasteiger partial charge < -0.3 is 15.5 Å². The van der Waals surface area contributed by atoms with Crippen LogP contribution in [0.25, 0.3) is 16.7 Å². The zero-order valence-electron chi connectivity index (χ0n) is 28.8. The van der Waals surface area contributed by atoms with Crippen LogP contribution < -0.4 is 15.5 Å². The van der Waals surface area contributed by atoms with Crippen molar-refractivity contribution in [2.75, 3.05) is 11.9 Å². The lowest BCUT2D eigenvalue weighted by molar-refractivity contribution is 0.951. The van der Waals surface area contributed by atoms with Crippen molar-refractivity contribution in [3.05, 3.63) is 216 Å². The summed E-state index contributed by atoms with van der Waals surface area (Å²) >= 11 is 0. The lowest BCUT2D eigenvalue weighted by Crippen LogP contribution is -2.18. The van der Waals surface area contributed by atoms with E-state index in [9.17, 15) is 0 Å². The second-order valence-electron chi connectivity index (χ2n) is 13.2. The highest BCUT2D eigenvalue weighted by molar-refractivity contribution is 5.77. The van der Waals surface area contributed by atoms with Crippen LogP contribution in [0, 0.1) is 11.8 Å². The Hall–Kier alpha value is -5.80. The molecule has 2 unspecified atom stereocenters. The predicted octanol–water partition coefficient (Wildman–Crippen LogP) is 11.0. The molecule has 4 aliphatic carbocycles. The van der Waals surface area contributed by atoms with Gasteiger partial charge in [-0.3, -0.25) is 0 Å². The topological polar surface area (TPSA) is 27.3 Å². The molecule has 0 amide bonds. The first-order valence-corrected chi connectivity index (χ1v) is 17.7. The average Bonchev–Trinajstić information content (AvgIpc) is 3.99. The number of rotatable bonds is 11. The molecule has 0 saturated heterocycles. The Labute approximate surface area is 297 Å². The van der Waals surface area contributed by atoms with E-state index in [1.807, 2.05) is 6.20 Å². The third-order valence-electron chi connectivity index (χ3n) is 9.65. The molecular formula is C47H45N3. The first-order valence-electron chi connectivity index (χ1n) is 17.7. The van der Waals surface area contributed by atoms with Crippen molar-refractivity contribution in [2.45, 2.75) is 25.7 Å². The summed E-state index contributed by atoms with van der Waals surface area (Å²) in [5.41, 5.74) is 12.9. The highest BCUT2D eigenvalue weighted by Gasteiger charge is 2.38.